The van der Waals surface area contributed by atoms with Crippen LogP contribution in [0.5, 0.6) is 0 Å². The van der Waals surface area contributed by atoms with Gasteiger partial charge >= 0.3 is 0 Å². The van der Waals surface area contributed by atoms with Gasteiger partial charge in [0.15, 0.2) is 5.96 Å². The van der Waals surface area contributed by atoms with Gasteiger partial charge < -0.3 is 15.1 Å². The molecule has 1 aromatic carbocycles. The van der Waals surface area contributed by atoms with Crippen LogP contribution in [0.2, 0.25) is 0 Å². The van der Waals surface area contributed by atoms with Crippen LogP contribution >= 0.6 is 0 Å². The summed E-state index contributed by atoms with van der Waals surface area (Å²) in [5, 5.41) is 3.51. The molecule has 154 valence electrons. The minimum Gasteiger partial charge on any atom is -0.357 e. The Hall–Kier alpha value is -1.85. The average molecular weight is 384 g/mol. The van der Waals surface area contributed by atoms with Crippen LogP contribution in [0, 0.1) is 5.92 Å². The molecule has 28 heavy (non-hydrogen) atoms. The summed E-state index contributed by atoms with van der Waals surface area (Å²) in [5.41, 5.74) is 1.27. The van der Waals surface area contributed by atoms with Crippen LogP contribution in [0.1, 0.15) is 25.3 Å². The topological polar surface area (TPSA) is 34.1 Å². The lowest BCUT2D eigenvalue weighted by Crippen LogP contribution is -2.52. The third-order valence-electron chi connectivity index (χ3n) is 5.70. The Bertz CT molecular complexity index is 619. The molecule has 0 radical (unpaired) electrons. The summed E-state index contributed by atoms with van der Waals surface area (Å²) in [5.74, 6) is 1.81. The fourth-order valence-electron chi connectivity index (χ4n) is 4.11. The van der Waals surface area contributed by atoms with Crippen molar-refractivity contribution in [2.24, 2.45) is 10.9 Å². The van der Waals surface area contributed by atoms with Gasteiger partial charge in [-0.3, -0.25) is 9.89 Å². The molecular formula is C23H37N5. The molecule has 2 aliphatic rings. The van der Waals surface area contributed by atoms with Crippen molar-refractivity contribution >= 4 is 12.0 Å². The number of rotatable bonds is 6. The maximum absolute atomic E-state index is 4.99. The second kappa shape index (κ2) is 11.2. The van der Waals surface area contributed by atoms with Gasteiger partial charge in [-0.1, -0.05) is 42.5 Å². The Morgan fingerprint density at radius 3 is 2.64 bits per heavy atom. The molecule has 0 aliphatic carbocycles. The molecule has 1 unspecified atom stereocenters. The standard InChI is InChI=1S/C23H37N5/c1-3-24-23(25-19-22-12-7-13-26(2)20-22)28-17-15-27(16-18-28)14-8-11-21-9-5-4-6-10-21/h4-6,8-11,22H,3,7,12-20H2,1-2H3,(H,24,25)/b11-8+. The fraction of sp³-hybridized carbons (Fsp3) is 0.609. The zero-order valence-electron chi connectivity index (χ0n) is 17.7. The van der Waals surface area contributed by atoms with Crippen LogP contribution in [0.15, 0.2) is 41.4 Å². The van der Waals surface area contributed by atoms with Crippen LogP contribution in [0.3, 0.4) is 0 Å². The van der Waals surface area contributed by atoms with E-state index in [1.165, 1.54) is 31.5 Å². The lowest BCUT2D eigenvalue weighted by molar-refractivity contribution is 0.192. The predicted molar refractivity (Wildman–Crippen MR) is 120 cm³/mol. The van der Waals surface area contributed by atoms with E-state index in [0.29, 0.717) is 5.92 Å². The quantitative estimate of drug-likeness (QED) is 0.605. The molecule has 2 heterocycles. The van der Waals surface area contributed by atoms with E-state index in [2.05, 4.69) is 76.5 Å². The highest BCUT2D eigenvalue weighted by Gasteiger charge is 2.20. The summed E-state index contributed by atoms with van der Waals surface area (Å²) in [4.78, 5) is 12.4. The molecule has 0 aromatic heterocycles. The average Bonchev–Trinajstić information content (AvgIpc) is 2.73. The number of piperidine rings is 1. The maximum Gasteiger partial charge on any atom is 0.194 e. The third kappa shape index (κ3) is 6.64. The molecule has 0 saturated carbocycles. The lowest BCUT2D eigenvalue weighted by Gasteiger charge is -2.36. The predicted octanol–water partition coefficient (Wildman–Crippen LogP) is 2.62. The minimum absolute atomic E-state index is 0.705. The zero-order chi connectivity index (χ0) is 19.6. The Morgan fingerprint density at radius 1 is 1.14 bits per heavy atom. The first-order valence-electron chi connectivity index (χ1n) is 10.9. The molecule has 3 rings (SSSR count). The van der Waals surface area contributed by atoms with Crippen LogP contribution in [0.25, 0.3) is 6.08 Å². The van der Waals surface area contributed by atoms with Crippen molar-refractivity contribution in [3.63, 3.8) is 0 Å². The number of nitrogens with zero attached hydrogens (tertiary/aromatic N) is 4. The SMILES string of the molecule is CCNC(=NCC1CCCN(C)C1)N1CCN(C/C=C/c2ccccc2)CC1. The molecule has 1 atom stereocenters. The normalized spacial score (nSPS) is 22.7. The monoisotopic (exact) mass is 383 g/mol. The molecular weight excluding hydrogens is 346 g/mol. The summed E-state index contributed by atoms with van der Waals surface area (Å²) in [7, 11) is 2.23. The Morgan fingerprint density at radius 2 is 1.93 bits per heavy atom. The van der Waals surface area contributed by atoms with Crippen LogP contribution in [-0.4, -0.2) is 86.6 Å². The summed E-state index contributed by atoms with van der Waals surface area (Å²) >= 11 is 0. The molecule has 1 aromatic rings. The van der Waals surface area contributed by atoms with E-state index in [4.69, 9.17) is 4.99 Å². The van der Waals surface area contributed by atoms with Gasteiger partial charge in [0.25, 0.3) is 0 Å². The van der Waals surface area contributed by atoms with Crippen LogP contribution in [-0.2, 0) is 0 Å². The molecule has 5 heteroatoms. The summed E-state index contributed by atoms with van der Waals surface area (Å²) in [6, 6.07) is 10.5. The van der Waals surface area contributed by atoms with Crippen molar-refractivity contribution in [3.8, 4) is 0 Å². The first-order chi connectivity index (χ1) is 13.7. The van der Waals surface area contributed by atoms with Gasteiger partial charge in [-0.25, -0.2) is 0 Å². The second-order valence-corrected chi connectivity index (χ2v) is 8.07. The zero-order valence-corrected chi connectivity index (χ0v) is 17.7. The largest absolute Gasteiger partial charge is 0.357 e. The smallest absolute Gasteiger partial charge is 0.194 e. The molecule has 2 fully saturated rings. The number of nitrogens with one attached hydrogen (secondary N) is 1. The van der Waals surface area contributed by atoms with Crippen LogP contribution in [0.4, 0.5) is 0 Å². The highest BCUT2D eigenvalue weighted by molar-refractivity contribution is 5.80. The van der Waals surface area contributed by atoms with E-state index < -0.39 is 0 Å². The Kier molecular flexibility index (Phi) is 8.37. The van der Waals surface area contributed by atoms with E-state index in [9.17, 15) is 0 Å². The van der Waals surface area contributed by atoms with E-state index in [1.54, 1.807) is 0 Å². The highest BCUT2D eigenvalue weighted by Crippen LogP contribution is 2.15. The number of benzene rings is 1. The molecule has 2 saturated heterocycles. The number of piperazine rings is 1. The molecule has 5 nitrogen and oxygen atoms in total. The minimum atomic E-state index is 0.705. The van der Waals surface area contributed by atoms with E-state index in [-0.39, 0.29) is 0 Å². The van der Waals surface area contributed by atoms with Crippen molar-refractivity contribution in [1.82, 2.24) is 20.0 Å². The Balaban J connectivity index is 1.45. The van der Waals surface area contributed by atoms with Crippen molar-refractivity contribution in [2.45, 2.75) is 19.8 Å². The van der Waals surface area contributed by atoms with Gasteiger partial charge in [-0.15, -0.1) is 0 Å². The third-order valence-corrected chi connectivity index (χ3v) is 5.70. The van der Waals surface area contributed by atoms with Crippen LogP contribution < -0.4 is 5.32 Å². The van der Waals surface area contributed by atoms with Gasteiger partial charge in [0.1, 0.15) is 0 Å². The number of hydrogen-bond donors (Lipinski definition) is 1. The number of hydrogen-bond acceptors (Lipinski definition) is 3. The molecule has 0 spiro atoms. The second-order valence-electron chi connectivity index (χ2n) is 8.07. The molecule has 0 bridgehead atoms. The van der Waals surface area contributed by atoms with Gasteiger partial charge in [0, 0.05) is 52.4 Å². The fourth-order valence-corrected chi connectivity index (χ4v) is 4.11. The Labute approximate surface area is 171 Å². The van der Waals surface area contributed by atoms with Gasteiger partial charge in [-0.05, 0) is 44.8 Å². The van der Waals surface area contributed by atoms with E-state index in [1.807, 2.05) is 0 Å². The molecule has 0 amide bonds. The number of likely N-dealkylation sites (tertiary alicyclic amines) is 1. The van der Waals surface area contributed by atoms with Crippen molar-refractivity contribution in [1.29, 1.82) is 0 Å². The molecule has 2 aliphatic heterocycles. The first kappa shape index (κ1) is 20.9. The first-order valence-corrected chi connectivity index (χ1v) is 10.9. The van der Waals surface area contributed by atoms with E-state index in [0.717, 1.165) is 51.8 Å². The number of guanidine groups is 1. The number of aliphatic imine (C=N–C) groups is 1. The highest BCUT2D eigenvalue weighted by atomic mass is 15.3. The van der Waals surface area contributed by atoms with Crippen molar-refractivity contribution in [2.75, 3.05) is 66.0 Å². The summed E-state index contributed by atoms with van der Waals surface area (Å²) in [6.07, 6.45) is 7.13. The van der Waals surface area contributed by atoms with Gasteiger partial charge in [-0.2, -0.15) is 0 Å². The maximum atomic E-state index is 4.99. The van der Waals surface area contributed by atoms with Crippen molar-refractivity contribution in [3.05, 3.63) is 42.0 Å². The summed E-state index contributed by atoms with van der Waals surface area (Å²) < 4.78 is 0. The van der Waals surface area contributed by atoms with Gasteiger partial charge in [0.2, 0.25) is 0 Å². The van der Waals surface area contributed by atoms with Gasteiger partial charge in [0.05, 0.1) is 0 Å². The lowest BCUT2D eigenvalue weighted by atomic mass is 9.99. The molecule has 1 N–H and O–H groups in total. The van der Waals surface area contributed by atoms with Crippen molar-refractivity contribution < 1.29 is 0 Å². The summed E-state index contributed by atoms with van der Waals surface area (Å²) in [6.45, 7) is 11.8. The van der Waals surface area contributed by atoms with E-state index >= 15 is 0 Å².